The lowest BCUT2D eigenvalue weighted by atomic mass is 9.97. The van der Waals surface area contributed by atoms with Crippen LogP contribution in [0.3, 0.4) is 0 Å². The topological polar surface area (TPSA) is 59.7 Å². The fraction of sp³-hybridized carbons (Fsp3) is 0.412. The highest BCUT2D eigenvalue weighted by Gasteiger charge is 2.23. The zero-order valence-corrected chi connectivity index (χ0v) is 14.5. The van der Waals surface area contributed by atoms with E-state index in [4.69, 9.17) is 4.98 Å². The summed E-state index contributed by atoms with van der Waals surface area (Å²) in [5, 5.41) is 11.4. The molecule has 7 heteroatoms. The van der Waals surface area contributed by atoms with Crippen molar-refractivity contribution in [1.82, 2.24) is 29.9 Å². The Bertz CT molecular complexity index is 788. The van der Waals surface area contributed by atoms with Crippen LogP contribution < -0.4 is 0 Å². The van der Waals surface area contributed by atoms with Crippen LogP contribution in [-0.4, -0.2) is 43.0 Å². The summed E-state index contributed by atoms with van der Waals surface area (Å²) in [5.41, 5.74) is 3.39. The molecule has 4 heterocycles. The largest absolute Gasteiger partial charge is 0.297 e. The minimum absolute atomic E-state index is 0.575. The summed E-state index contributed by atoms with van der Waals surface area (Å²) in [7, 11) is 1.95. The maximum absolute atomic E-state index is 4.87. The number of likely N-dealkylation sites (tertiary alicyclic amines) is 1. The summed E-state index contributed by atoms with van der Waals surface area (Å²) >= 11 is 1.79. The van der Waals surface area contributed by atoms with Crippen LogP contribution in [0.25, 0.3) is 11.3 Å². The third kappa shape index (κ3) is 3.22. The van der Waals surface area contributed by atoms with E-state index >= 15 is 0 Å². The number of pyridine rings is 1. The summed E-state index contributed by atoms with van der Waals surface area (Å²) in [4.78, 5) is 11.4. The Hall–Kier alpha value is -2.12. The van der Waals surface area contributed by atoms with E-state index in [0.717, 1.165) is 43.7 Å². The van der Waals surface area contributed by atoms with Crippen molar-refractivity contribution in [2.75, 3.05) is 13.1 Å². The van der Waals surface area contributed by atoms with Crippen molar-refractivity contribution in [3.8, 4) is 11.3 Å². The summed E-state index contributed by atoms with van der Waals surface area (Å²) in [5.74, 6) is 0.575. The van der Waals surface area contributed by atoms with E-state index in [1.54, 1.807) is 11.3 Å². The number of rotatable bonds is 4. The molecule has 0 aromatic carbocycles. The molecular formula is C17H20N6S. The number of thiazole rings is 1. The molecule has 1 saturated heterocycles. The van der Waals surface area contributed by atoms with Crippen molar-refractivity contribution in [2.45, 2.75) is 25.3 Å². The van der Waals surface area contributed by atoms with Gasteiger partial charge in [-0.15, -0.1) is 16.4 Å². The predicted molar refractivity (Wildman–Crippen MR) is 93.6 cm³/mol. The Morgan fingerprint density at radius 3 is 2.71 bits per heavy atom. The lowest BCUT2D eigenvalue weighted by molar-refractivity contribution is 0.200. The predicted octanol–water partition coefficient (Wildman–Crippen LogP) is 2.71. The third-order valence-electron chi connectivity index (χ3n) is 4.63. The zero-order valence-electron chi connectivity index (χ0n) is 13.7. The van der Waals surface area contributed by atoms with Crippen molar-refractivity contribution < 1.29 is 0 Å². The highest BCUT2D eigenvalue weighted by Crippen LogP contribution is 2.33. The summed E-state index contributed by atoms with van der Waals surface area (Å²) in [6.45, 7) is 3.12. The Kier molecular flexibility index (Phi) is 4.36. The van der Waals surface area contributed by atoms with Crippen LogP contribution >= 0.6 is 11.3 Å². The molecule has 24 heavy (non-hydrogen) atoms. The maximum Gasteiger partial charge on any atom is 0.0964 e. The highest BCUT2D eigenvalue weighted by molar-refractivity contribution is 7.10. The smallest absolute Gasteiger partial charge is 0.0964 e. The first-order chi connectivity index (χ1) is 11.8. The van der Waals surface area contributed by atoms with Gasteiger partial charge in [-0.2, -0.15) is 0 Å². The number of aromatic nitrogens is 5. The monoisotopic (exact) mass is 340 g/mol. The molecule has 0 bridgehead atoms. The van der Waals surface area contributed by atoms with E-state index in [0.29, 0.717) is 5.92 Å². The SMILES string of the molecule is Cn1nncc1CN1CCC(c2nc(-c3ccncc3)cs2)CC1. The Balaban J connectivity index is 1.38. The van der Waals surface area contributed by atoms with Crippen molar-refractivity contribution in [3.05, 3.63) is 46.8 Å². The molecule has 1 fully saturated rings. The standard InChI is InChI=1S/C17H20N6S/c1-22-15(10-19-21-22)11-23-8-4-14(5-9-23)17-20-16(12-24-17)13-2-6-18-7-3-13/h2-3,6-7,10,12,14H,4-5,8-9,11H2,1H3. The quantitative estimate of drug-likeness (QED) is 0.731. The van der Waals surface area contributed by atoms with Crippen molar-refractivity contribution in [1.29, 1.82) is 0 Å². The van der Waals surface area contributed by atoms with Crippen LogP contribution in [0.5, 0.6) is 0 Å². The maximum atomic E-state index is 4.87. The number of piperidine rings is 1. The molecule has 0 radical (unpaired) electrons. The van der Waals surface area contributed by atoms with Crippen LogP contribution in [-0.2, 0) is 13.6 Å². The van der Waals surface area contributed by atoms with Gasteiger partial charge in [0.1, 0.15) is 0 Å². The van der Waals surface area contributed by atoms with Gasteiger partial charge in [-0.05, 0) is 38.1 Å². The summed E-state index contributed by atoms with van der Waals surface area (Å²) in [6, 6.07) is 4.03. The summed E-state index contributed by atoms with van der Waals surface area (Å²) in [6.07, 6.45) is 7.82. The Morgan fingerprint density at radius 1 is 1.21 bits per heavy atom. The second-order valence-corrected chi connectivity index (χ2v) is 7.10. The van der Waals surface area contributed by atoms with Crippen molar-refractivity contribution in [3.63, 3.8) is 0 Å². The molecule has 0 unspecified atom stereocenters. The number of hydrogen-bond acceptors (Lipinski definition) is 6. The average Bonchev–Trinajstić information content (AvgIpc) is 3.26. The second kappa shape index (κ2) is 6.78. The Morgan fingerprint density at radius 2 is 2.00 bits per heavy atom. The lowest BCUT2D eigenvalue weighted by Gasteiger charge is -2.30. The van der Waals surface area contributed by atoms with Gasteiger partial charge in [-0.1, -0.05) is 5.21 Å². The molecule has 6 nitrogen and oxygen atoms in total. The van der Waals surface area contributed by atoms with Gasteiger partial charge in [0.05, 0.1) is 22.6 Å². The number of hydrogen-bond donors (Lipinski definition) is 0. The first kappa shape index (κ1) is 15.4. The van der Waals surface area contributed by atoms with Crippen LogP contribution in [0.15, 0.2) is 36.1 Å². The molecule has 3 aromatic rings. The molecule has 4 rings (SSSR count). The van der Waals surface area contributed by atoms with Crippen molar-refractivity contribution >= 4 is 11.3 Å². The van der Waals surface area contributed by atoms with Gasteiger partial charge >= 0.3 is 0 Å². The van der Waals surface area contributed by atoms with E-state index in [-0.39, 0.29) is 0 Å². The van der Waals surface area contributed by atoms with Gasteiger partial charge in [0.15, 0.2) is 0 Å². The molecule has 124 valence electrons. The van der Waals surface area contributed by atoms with E-state index in [1.165, 1.54) is 10.7 Å². The molecule has 0 amide bonds. The van der Waals surface area contributed by atoms with Crippen LogP contribution in [0.4, 0.5) is 0 Å². The molecule has 0 aliphatic carbocycles. The highest BCUT2D eigenvalue weighted by atomic mass is 32.1. The van der Waals surface area contributed by atoms with E-state index in [2.05, 4.69) is 25.6 Å². The molecular weight excluding hydrogens is 320 g/mol. The van der Waals surface area contributed by atoms with E-state index in [9.17, 15) is 0 Å². The van der Waals surface area contributed by atoms with Crippen molar-refractivity contribution in [2.24, 2.45) is 7.05 Å². The Labute approximate surface area is 145 Å². The second-order valence-electron chi connectivity index (χ2n) is 6.21. The van der Waals surface area contributed by atoms with Gasteiger partial charge in [-0.3, -0.25) is 14.6 Å². The van der Waals surface area contributed by atoms with Gasteiger partial charge < -0.3 is 0 Å². The summed E-state index contributed by atoms with van der Waals surface area (Å²) < 4.78 is 1.86. The van der Waals surface area contributed by atoms with Gasteiger partial charge in [0.2, 0.25) is 0 Å². The first-order valence-corrected chi connectivity index (χ1v) is 9.09. The van der Waals surface area contributed by atoms with Crippen LogP contribution in [0, 0.1) is 0 Å². The molecule has 1 aliphatic heterocycles. The van der Waals surface area contributed by atoms with E-state index < -0.39 is 0 Å². The molecule has 0 atom stereocenters. The van der Waals surface area contributed by atoms with Gasteiger partial charge in [0, 0.05) is 42.8 Å². The third-order valence-corrected chi connectivity index (χ3v) is 5.64. The van der Waals surface area contributed by atoms with Gasteiger partial charge in [-0.25, -0.2) is 4.98 Å². The first-order valence-electron chi connectivity index (χ1n) is 8.21. The number of aryl methyl sites for hydroxylation is 1. The molecule has 0 N–H and O–H groups in total. The van der Waals surface area contributed by atoms with Gasteiger partial charge in [0.25, 0.3) is 0 Å². The lowest BCUT2D eigenvalue weighted by Crippen LogP contribution is -2.33. The van der Waals surface area contributed by atoms with Crippen LogP contribution in [0.2, 0.25) is 0 Å². The normalized spacial score (nSPS) is 16.5. The fourth-order valence-electron chi connectivity index (χ4n) is 3.15. The average molecular weight is 340 g/mol. The molecule has 3 aromatic heterocycles. The molecule has 1 aliphatic rings. The van der Waals surface area contributed by atoms with E-state index in [1.807, 2.05) is 42.5 Å². The zero-order chi connectivity index (χ0) is 16.4. The van der Waals surface area contributed by atoms with Crippen LogP contribution in [0.1, 0.15) is 29.5 Å². The number of nitrogens with zero attached hydrogens (tertiary/aromatic N) is 6. The minimum Gasteiger partial charge on any atom is -0.297 e. The fourth-order valence-corrected chi connectivity index (χ4v) is 4.15. The molecule has 0 spiro atoms. The molecule has 0 saturated carbocycles. The minimum atomic E-state index is 0.575.